The molecule has 1 aliphatic heterocycles. The van der Waals surface area contributed by atoms with Crippen molar-refractivity contribution in [3.05, 3.63) is 45.0 Å². The maximum atomic E-state index is 11.6. The summed E-state index contributed by atoms with van der Waals surface area (Å²) in [6, 6.07) is 7.96. The Bertz CT molecular complexity index is 1010. The van der Waals surface area contributed by atoms with Crippen LogP contribution in [0.1, 0.15) is 42.1 Å². The van der Waals surface area contributed by atoms with E-state index in [-0.39, 0.29) is 23.7 Å². The van der Waals surface area contributed by atoms with Gasteiger partial charge in [-0.25, -0.2) is 4.98 Å². The molecule has 0 saturated carbocycles. The second-order valence-corrected chi connectivity index (χ2v) is 8.96. The van der Waals surface area contributed by atoms with Gasteiger partial charge in [0, 0.05) is 16.8 Å². The summed E-state index contributed by atoms with van der Waals surface area (Å²) < 4.78 is 2.51. The van der Waals surface area contributed by atoms with Crippen molar-refractivity contribution in [2.24, 2.45) is 11.7 Å². The molecule has 7 nitrogen and oxygen atoms in total. The molecule has 1 amide bonds. The van der Waals surface area contributed by atoms with Crippen molar-refractivity contribution in [3.8, 4) is 5.88 Å². The van der Waals surface area contributed by atoms with Crippen molar-refractivity contribution in [1.82, 2.24) is 19.5 Å². The summed E-state index contributed by atoms with van der Waals surface area (Å²) in [5.74, 6) is 0.540. The highest BCUT2D eigenvalue weighted by Crippen LogP contribution is 2.41. The normalized spacial score (nSPS) is 17.2. The highest BCUT2D eigenvalue weighted by atomic mass is 79.9. The molecule has 148 valence electrons. The van der Waals surface area contributed by atoms with Crippen LogP contribution < -0.4 is 5.73 Å². The predicted molar refractivity (Wildman–Crippen MR) is 111 cm³/mol. The molecule has 3 heterocycles. The lowest BCUT2D eigenvalue weighted by atomic mass is 9.93. The predicted octanol–water partition coefficient (Wildman–Crippen LogP) is 3.11. The Hall–Kier alpha value is -1.97. The number of amides is 1. The van der Waals surface area contributed by atoms with Crippen molar-refractivity contribution < 1.29 is 9.90 Å². The molecule has 1 aliphatic rings. The fraction of sp³-hybridized carbons (Fsp3) is 0.421. The van der Waals surface area contributed by atoms with E-state index in [1.807, 2.05) is 19.1 Å². The molecule has 1 fully saturated rings. The van der Waals surface area contributed by atoms with Crippen LogP contribution in [0.4, 0.5) is 0 Å². The first-order valence-corrected chi connectivity index (χ1v) is 10.9. The van der Waals surface area contributed by atoms with Crippen LogP contribution in [0.25, 0.3) is 4.96 Å². The Morgan fingerprint density at radius 2 is 2.18 bits per heavy atom. The third-order valence-electron chi connectivity index (χ3n) is 5.27. The lowest BCUT2D eigenvalue weighted by Crippen LogP contribution is -2.40. The standard InChI is InChI=1S/C19H22BrN5O2S/c1-2-14-22-19-25(23-14)18(27)16(28-19)15(12-4-3-5-13(20)10-12)24-8-6-11(7-9-24)17(21)26/h3-5,10-11,15,27H,2,6-9H2,1H3,(H2,21,26)/t15-/m1/s1. The van der Waals surface area contributed by atoms with E-state index in [4.69, 9.17) is 5.73 Å². The Balaban J connectivity index is 1.74. The maximum absolute atomic E-state index is 11.6. The van der Waals surface area contributed by atoms with Gasteiger partial charge in [0.05, 0.1) is 10.9 Å². The topological polar surface area (TPSA) is 96.8 Å². The van der Waals surface area contributed by atoms with Crippen LogP contribution in [0.2, 0.25) is 0 Å². The number of primary amides is 1. The minimum atomic E-state index is -0.229. The maximum Gasteiger partial charge on any atom is 0.230 e. The molecule has 1 saturated heterocycles. The molecule has 3 aromatic rings. The molecule has 1 atom stereocenters. The quantitative estimate of drug-likeness (QED) is 0.605. The fourth-order valence-electron chi connectivity index (χ4n) is 3.77. The van der Waals surface area contributed by atoms with Crippen molar-refractivity contribution in [3.63, 3.8) is 0 Å². The second kappa shape index (κ2) is 7.81. The number of carbonyl (C=O) groups excluding carboxylic acids is 1. The van der Waals surface area contributed by atoms with E-state index in [1.54, 1.807) is 0 Å². The molecule has 9 heteroatoms. The van der Waals surface area contributed by atoms with Crippen molar-refractivity contribution in [2.75, 3.05) is 13.1 Å². The first kappa shape index (κ1) is 19.4. The Labute approximate surface area is 175 Å². The van der Waals surface area contributed by atoms with Gasteiger partial charge >= 0.3 is 0 Å². The number of hydrogen-bond acceptors (Lipinski definition) is 6. The van der Waals surface area contributed by atoms with Gasteiger partial charge in [0.1, 0.15) is 0 Å². The molecular formula is C19H22BrN5O2S. The minimum Gasteiger partial charge on any atom is -0.492 e. The van der Waals surface area contributed by atoms with Crippen LogP contribution in [0, 0.1) is 5.92 Å². The number of carbonyl (C=O) groups is 1. The molecular weight excluding hydrogens is 442 g/mol. The van der Waals surface area contributed by atoms with Gasteiger partial charge in [-0.2, -0.15) is 4.52 Å². The van der Waals surface area contributed by atoms with Crippen molar-refractivity contribution in [2.45, 2.75) is 32.2 Å². The Morgan fingerprint density at radius 3 is 2.79 bits per heavy atom. The average molecular weight is 464 g/mol. The zero-order valence-electron chi connectivity index (χ0n) is 15.5. The number of hydrogen-bond donors (Lipinski definition) is 2. The molecule has 2 aromatic heterocycles. The van der Waals surface area contributed by atoms with Crippen LogP contribution >= 0.6 is 27.3 Å². The summed E-state index contributed by atoms with van der Waals surface area (Å²) in [5, 5.41) is 15.3. The summed E-state index contributed by atoms with van der Waals surface area (Å²) in [7, 11) is 0. The molecule has 0 spiro atoms. The molecule has 0 aliphatic carbocycles. The van der Waals surface area contributed by atoms with Gasteiger partial charge < -0.3 is 10.8 Å². The average Bonchev–Trinajstić information content (AvgIpc) is 3.22. The van der Waals surface area contributed by atoms with Gasteiger partial charge in [0.15, 0.2) is 5.82 Å². The van der Waals surface area contributed by atoms with Crippen LogP contribution in [0.15, 0.2) is 28.7 Å². The third-order valence-corrected chi connectivity index (χ3v) is 6.84. The number of rotatable bonds is 5. The van der Waals surface area contributed by atoms with E-state index < -0.39 is 0 Å². The highest BCUT2D eigenvalue weighted by molar-refractivity contribution is 9.10. The van der Waals surface area contributed by atoms with Gasteiger partial charge in [0.25, 0.3) is 0 Å². The summed E-state index contributed by atoms with van der Waals surface area (Å²) >= 11 is 5.01. The Kier molecular flexibility index (Phi) is 5.39. The van der Waals surface area contributed by atoms with Crippen molar-refractivity contribution >= 4 is 38.1 Å². The summed E-state index contributed by atoms with van der Waals surface area (Å²) in [4.78, 5) is 19.9. The lowest BCUT2D eigenvalue weighted by molar-refractivity contribution is -0.123. The van der Waals surface area contributed by atoms with Gasteiger partial charge in [0.2, 0.25) is 16.7 Å². The molecule has 4 rings (SSSR count). The third kappa shape index (κ3) is 3.54. The molecule has 0 bridgehead atoms. The number of likely N-dealkylation sites (tertiary alicyclic amines) is 1. The van der Waals surface area contributed by atoms with E-state index in [2.05, 4.69) is 43.0 Å². The number of fused-ring (bicyclic) bond motifs is 1. The molecule has 28 heavy (non-hydrogen) atoms. The van der Waals surface area contributed by atoms with E-state index in [0.29, 0.717) is 4.96 Å². The van der Waals surface area contributed by atoms with Gasteiger partial charge in [-0.3, -0.25) is 9.69 Å². The smallest absolute Gasteiger partial charge is 0.230 e. The van der Waals surface area contributed by atoms with Crippen LogP contribution in [-0.4, -0.2) is 43.6 Å². The number of nitrogens with two attached hydrogens (primary N) is 1. The number of aryl methyl sites for hydroxylation is 1. The summed E-state index contributed by atoms with van der Waals surface area (Å²) in [6.07, 6.45) is 2.17. The number of nitrogens with zero attached hydrogens (tertiary/aromatic N) is 4. The SMILES string of the molecule is CCc1nc2sc([C@@H](c3cccc(Br)c3)N3CCC(C(N)=O)CC3)c(O)n2n1. The van der Waals surface area contributed by atoms with E-state index in [1.165, 1.54) is 15.9 Å². The Morgan fingerprint density at radius 1 is 1.43 bits per heavy atom. The first-order chi connectivity index (χ1) is 13.5. The monoisotopic (exact) mass is 463 g/mol. The van der Waals surface area contributed by atoms with Gasteiger partial charge in [-0.15, -0.1) is 5.10 Å². The van der Waals surface area contributed by atoms with Crippen molar-refractivity contribution in [1.29, 1.82) is 0 Å². The zero-order valence-corrected chi connectivity index (χ0v) is 17.9. The summed E-state index contributed by atoms with van der Waals surface area (Å²) in [5.41, 5.74) is 6.57. The van der Waals surface area contributed by atoms with Crippen LogP contribution in [0.3, 0.4) is 0 Å². The number of piperidine rings is 1. The van der Waals surface area contributed by atoms with Gasteiger partial charge in [-0.05, 0) is 43.6 Å². The minimum absolute atomic E-state index is 0.0811. The molecule has 1 aromatic carbocycles. The highest BCUT2D eigenvalue weighted by Gasteiger charge is 2.33. The van der Waals surface area contributed by atoms with Gasteiger partial charge in [-0.1, -0.05) is 46.3 Å². The molecule has 0 unspecified atom stereocenters. The molecule has 3 N–H and O–H groups in total. The number of aromatic nitrogens is 3. The number of thiazole rings is 1. The first-order valence-electron chi connectivity index (χ1n) is 9.34. The number of halogens is 1. The number of benzene rings is 1. The zero-order chi connectivity index (χ0) is 19.8. The van der Waals surface area contributed by atoms with E-state index in [9.17, 15) is 9.90 Å². The van der Waals surface area contributed by atoms with E-state index in [0.717, 1.165) is 53.1 Å². The number of aromatic hydroxyl groups is 1. The largest absolute Gasteiger partial charge is 0.492 e. The summed E-state index contributed by atoms with van der Waals surface area (Å²) in [6.45, 7) is 3.46. The lowest BCUT2D eigenvalue weighted by Gasteiger charge is -2.36. The van der Waals surface area contributed by atoms with E-state index >= 15 is 0 Å². The fourth-order valence-corrected chi connectivity index (χ4v) is 5.32. The van der Waals surface area contributed by atoms with Crippen LogP contribution in [0.5, 0.6) is 5.88 Å². The van der Waals surface area contributed by atoms with Crippen LogP contribution in [-0.2, 0) is 11.2 Å². The second-order valence-electron chi connectivity index (χ2n) is 7.04. The molecule has 0 radical (unpaired) electrons.